The van der Waals surface area contributed by atoms with E-state index in [1.54, 1.807) is 19.1 Å². The highest BCUT2D eigenvalue weighted by Gasteiger charge is 2.14. The monoisotopic (exact) mass is 288 g/mol. The Bertz CT molecular complexity index is 701. The fraction of sp³-hybridized carbons (Fsp3) is 0.133. The molecule has 6 heteroatoms. The van der Waals surface area contributed by atoms with Crippen LogP contribution in [0.15, 0.2) is 36.4 Å². The lowest BCUT2D eigenvalue weighted by atomic mass is 10.2. The first-order valence-corrected chi connectivity index (χ1v) is 6.14. The van der Waals surface area contributed by atoms with Crippen molar-refractivity contribution < 1.29 is 18.7 Å². The lowest BCUT2D eigenvalue weighted by Gasteiger charge is -2.08. The Kier molecular flexibility index (Phi) is 4.27. The Morgan fingerprint density at radius 2 is 2.00 bits per heavy atom. The number of amides is 1. The lowest BCUT2D eigenvalue weighted by Crippen LogP contribution is -2.15. The van der Waals surface area contributed by atoms with Crippen molar-refractivity contribution in [1.82, 2.24) is 4.98 Å². The summed E-state index contributed by atoms with van der Waals surface area (Å²) >= 11 is 0. The van der Waals surface area contributed by atoms with Crippen LogP contribution in [0.2, 0.25) is 0 Å². The Morgan fingerprint density at radius 1 is 1.24 bits per heavy atom. The number of hydrogen-bond acceptors (Lipinski definition) is 4. The third kappa shape index (κ3) is 3.42. The fourth-order valence-corrected chi connectivity index (χ4v) is 1.72. The molecule has 0 fully saturated rings. The zero-order valence-corrected chi connectivity index (χ0v) is 11.5. The van der Waals surface area contributed by atoms with Gasteiger partial charge in [0.25, 0.3) is 5.91 Å². The van der Waals surface area contributed by atoms with Gasteiger partial charge in [0.05, 0.1) is 18.4 Å². The molecular weight excluding hydrogens is 275 g/mol. The second-order valence-corrected chi connectivity index (χ2v) is 4.30. The van der Waals surface area contributed by atoms with E-state index in [0.717, 1.165) is 6.07 Å². The van der Waals surface area contributed by atoms with E-state index in [4.69, 9.17) is 0 Å². The van der Waals surface area contributed by atoms with Gasteiger partial charge in [-0.25, -0.2) is 14.2 Å². The van der Waals surface area contributed by atoms with Crippen LogP contribution in [0.1, 0.15) is 26.5 Å². The fourth-order valence-electron chi connectivity index (χ4n) is 1.72. The maximum Gasteiger partial charge on any atom is 0.337 e. The van der Waals surface area contributed by atoms with Crippen LogP contribution in [0.4, 0.5) is 10.1 Å². The number of aryl methyl sites for hydroxylation is 1. The van der Waals surface area contributed by atoms with Gasteiger partial charge < -0.3 is 10.1 Å². The molecule has 0 saturated heterocycles. The van der Waals surface area contributed by atoms with Crippen molar-refractivity contribution in [3.63, 3.8) is 0 Å². The van der Waals surface area contributed by atoms with Gasteiger partial charge in [-0.1, -0.05) is 6.07 Å². The van der Waals surface area contributed by atoms with Crippen molar-refractivity contribution in [3.8, 4) is 0 Å². The first-order valence-electron chi connectivity index (χ1n) is 6.14. The summed E-state index contributed by atoms with van der Waals surface area (Å²) in [6, 6.07) is 8.53. The second kappa shape index (κ2) is 6.13. The van der Waals surface area contributed by atoms with Crippen molar-refractivity contribution in [2.24, 2.45) is 0 Å². The van der Waals surface area contributed by atoms with Crippen molar-refractivity contribution in [3.05, 3.63) is 59.2 Å². The quantitative estimate of drug-likeness (QED) is 0.881. The lowest BCUT2D eigenvalue weighted by molar-refractivity contribution is 0.0600. The number of ether oxygens (including phenoxy) is 1. The maximum atomic E-state index is 13.7. The number of nitrogens with one attached hydrogen (secondary N) is 1. The Balaban J connectivity index is 2.26. The van der Waals surface area contributed by atoms with Crippen LogP contribution >= 0.6 is 0 Å². The zero-order chi connectivity index (χ0) is 15.4. The number of carbonyl (C=O) groups excluding carboxylic acids is 2. The number of aromatic nitrogens is 1. The van der Waals surface area contributed by atoms with Gasteiger partial charge in [0.2, 0.25) is 0 Å². The molecule has 0 saturated carbocycles. The average Bonchev–Trinajstić information content (AvgIpc) is 2.48. The van der Waals surface area contributed by atoms with Crippen LogP contribution in [0.3, 0.4) is 0 Å². The summed E-state index contributed by atoms with van der Waals surface area (Å²) in [7, 11) is 1.22. The van der Waals surface area contributed by atoms with E-state index in [0.29, 0.717) is 5.69 Å². The topological polar surface area (TPSA) is 68.3 Å². The van der Waals surface area contributed by atoms with Gasteiger partial charge in [0, 0.05) is 5.69 Å². The van der Waals surface area contributed by atoms with Gasteiger partial charge in [0.1, 0.15) is 11.5 Å². The van der Waals surface area contributed by atoms with Crippen LogP contribution in [0.25, 0.3) is 0 Å². The standard InChI is InChI=1S/C15H13FN2O3/c1-9-4-3-5-12(17-9)14(19)18-13-8-10(15(20)21-2)6-7-11(13)16/h3-8H,1-2H3,(H,18,19). The van der Waals surface area contributed by atoms with Crippen molar-refractivity contribution in [2.75, 3.05) is 12.4 Å². The molecule has 0 atom stereocenters. The van der Waals surface area contributed by atoms with Crippen molar-refractivity contribution >= 4 is 17.6 Å². The van der Waals surface area contributed by atoms with E-state index in [-0.39, 0.29) is 16.9 Å². The number of pyridine rings is 1. The summed E-state index contributed by atoms with van der Waals surface area (Å²) in [6.45, 7) is 1.75. The van der Waals surface area contributed by atoms with Crippen LogP contribution in [0, 0.1) is 12.7 Å². The Hall–Kier alpha value is -2.76. The summed E-state index contributed by atoms with van der Waals surface area (Å²) in [5.41, 5.74) is 0.877. The molecule has 0 aliphatic heterocycles. The Labute approximate surface area is 120 Å². The van der Waals surface area contributed by atoms with E-state index >= 15 is 0 Å². The summed E-state index contributed by atoms with van der Waals surface area (Å²) in [5, 5.41) is 2.39. The average molecular weight is 288 g/mol. The van der Waals surface area contributed by atoms with Gasteiger partial charge >= 0.3 is 5.97 Å². The summed E-state index contributed by atoms with van der Waals surface area (Å²) < 4.78 is 18.3. The molecule has 1 aromatic heterocycles. The van der Waals surface area contributed by atoms with Crippen molar-refractivity contribution in [1.29, 1.82) is 0 Å². The van der Waals surface area contributed by atoms with E-state index in [9.17, 15) is 14.0 Å². The number of anilines is 1. The number of esters is 1. The highest BCUT2D eigenvalue weighted by atomic mass is 19.1. The van der Waals surface area contributed by atoms with E-state index in [1.165, 1.54) is 25.3 Å². The normalized spacial score (nSPS) is 10.0. The molecule has 0 bridgehead atoms. The molecule has 21 heavy (non-hydrogen) atoms. The summed E-state index contributed by atoms with van der Waals surface area (Å²) in [4.78, 5) is 27.5. The van der Waals surface area contributed by atoms with Crippen molar-refractivity contribution in [2.45, 2.75) is 6.92 Å². The van der Waals surface area contributed by atoms with E-state index in [2.05, 4.69) is 15.0 Å². The van der Waals surface area contributed by atoms with Gasteiger partial charge in [-0.05, 0) is 37.3 Å². The molecule has 1 amide bonds. The molecule has 2 aromatic rings. The number of nitrogens with zero attached hydrogens (tertiary/aromatic N) is 1. The Morgan fingerprint density at radius 3 is 2.67 bits per heavy atom. The molecule has 0 spiro atoms. The minimum atomic E-state index is -0.649. The summed E-state index contributed by atoms with van der Waals surface area (Å²) in [5.74, 6) is -1.82. The minimum absolute atomic E-state index is 0.105. The zero-order valence-electron chi connectivity index (χ0n) is 11.5. The molecule has 5 nitrogen and oxygen atoms in total. The highest BCUT2D eigenvalue weighted by molar-refractivity contribution is 6.03. The highest BCUT2D eigenvalue weighted by Crippen LogP contribution is 2.17. The molecule has 1 N–H and O–H groups in total. The number of methoxy groups -OCH3 is 1. The smallest absolute Gasteiger partial charge is 0.337 e. The maximum absolute atomic E-state index is 13.7. The van der Waals surface area contributed by atoms with Crippen LogP contribution < -0.4 is 5.32 Å². The van der Waals surface area contributed by atoms with Crippen LogP contribution in [0.5, 0.6) is 0 Å². The molecule has 108 valence electrons. The number of rotatable bonds is 3. The largest absolute Gasteiger partial charge is 0.465 e. The van der Waals surface area contributed by atoms with Gasteiger partial charge in [-0.3, -0.25) is 4.79 Å². The van der Waals surface area contributed by atoms with Gasteiger partial charge in [0.15, 0.2) is 0 Å². The third-order valence-electron chi connectivity index (χ3n) is 2.76. The van der Waals surface area contributed by atoms with Gasteiger partial charge in [-0.2, -0.15) is 0 Å². The second-order valence-electron chi connectivity index (χ2n) is 4.30. The molecule has 0 aliphatic carbocycles. The SMILES string of the molecule is COC(=O)c1ccc(F)c(NC(=O)c2cccc(C)n2)c1. The van der Waals surface area contributed by atoms with Crippen LogP contribution in [-0.4, -0.2) is 24.0 Å². The minimum Gasteiger partial charge on any atom is -0.465 e. The number of carbonyl (C=O) groups is 2. The van der Waals surface area contributed by atoms with E-state index < -0.39 is 17.7 Å². The molecule has 2 rings (SSSR count). The predicted molar refractivity (Wildman–Crippen MR) is 74.7 cm³/mol. The van der Waals surface area contributed by atoms with E-state index in [1.807, 2.05) is 0 Å². The molecule has 1 aromatic carbocycles. The first kappa shape index (κ1) is 14.6. The molecule has 0 unspecified atom stereocenters. The molecule has 0 aliphatic rings. The first-order chi connectivity index (χ1) is 10.0. The molecular formula is C15H13FN2O3. The van der Waals surface area contributed by atoms with Gasteiger partial charge in [-0.15, -0.1) is 0 Å². The number of hydrogen-bond donors (Lipinski definition) is 1. The molecule has 1 heterocycles. The predicted octanol–water partition coefficient (Wildman–Crippen LogP) is 2.57. The third-order valence-corrected chi connectivity index (χ3v) is 2.76. The van der Waals surface area contributed by atoms with Crippen LogP contribution in [-0.2, 0) is 4.74 Å². The number of benzene rings is 1. The summed E-state index contributed by atoms with van der Waals surface area (Å²) in [6.07, 6.45) is 0. The number of halogens is 1. The molecule has 0 radical (unpaired) electrons.